The number of rotatable bonds is 7. The highest BCUT2D eigenvalue weighted by Crippen LogP contribution is 2.19. The van der Waals surface area contributed by atoms with Gasteiger partial charge in [-0.05, 0) is 24.3 Å². The second kappa shape index (κ2) is 8.36. The van der Waals surface area contributed by atoms with Gasteiger partial charge in [0.2, 0.25) is 0 Å². The van der Waals surface area contributed by atoms with Gasteiger partial charge in [0.15, 0.2) is 0 Å². The molecule has 2 heterocycles. The first-order chi connectivity index (χ1) is 12.2. The van der Waals surface area contributed by atoms with Crippen LogP contribution in [0.3, 0.4) is 0 Å². The van der Waals surface area contributed by atoms with Gasteiger partial charge >= 0.3 is 0 Å². The number of nitrogens with zero attached hydrogens (tertiary/aromatic N) is 2. The van der Waals surface area contributed by atoms with E-state index in [1.54, 1.807) is 30.8 Å². The van der Waals surface area contributed by atoms with Gasteiger partial charge < -0.3 is 14.8 Å². The number of hydrogen-bond donors (Lipinski definition) is 1. The summed E-state index contributed by atoms with van der Waals surface area (Å²) >= 11 is 1.39. The van der Waals surface area contributed by atoms with Crippen molar-refractivity contribution in [1.82, 2.24) is 9.97 Å². The molecular weight excluding hydrogens is 338 g/mol. The number of hydrogen-bond acceptors (Lipinski definition) is 6. The lowest BCUT2D eigenvalue weighted by Crippen LogP contribution is -2.12. The van der Waals surface area contributed by atoms with Crippen molar-refractivity contribution in [1.29, 1.82) is 0 Å². The van der Waals surface area contributed by atoms with Gasteiger partial charge in [0.25, 0.3) is 5.91 Å². The minimum absolute atomic E-state index is 0.263. The average molecular weight is 355 g/mol. The lowest BCUT2D eigenvalue weighted by atomic mass is 10.3. The number of amides is 1. The highest BCUT2D eigenvalue weighted by molar-refractivity contribution is 7.09. The van der Waals surface area contributed by atoms with E-state index < -0.39 is 0 Å². The summed E-state index contributed by atoms with van der Waals surface area (Å²) in [5, 5.41) is 5.30. The molecule has 0 aliphatic heterocycles. The van der Waals surface area contributed by atoms with Crippen LogP contribution in [-0.2, 0) is 18.0 Å². The molecule has 0 aliphatic carbocycles. The molecule has 0 bridgehead atoms. The zero-order chi connectivity index (χ0) is 17.5. The third-order valence-corrected chi connectivity index (χ3v) is 4.08. The SMILES string of the molecule is COCc1nc(C(=O)Nc2cccc(OCc3ccccn3)c2)cs1. The number of carbonyl (C=O) groups is 1. The van der Waals surface area contributed by atoms with E-state index in [1.165, 1.54) is 11.3 Å². The predicted octanol–water partition coefficient (Wildman–Crippen LogP) is 3.52. The summed E-state index contributed by atoms with van der Waals surface area (Å²) in [4.78, 5) is 20.7. The monoisotopic (exact) mass is 355 g/mol. The molecule has 1 amide bonds. The molecular formula is C18H17N3O3S. The predicted molar refractivity (Wildman–Crippen MR) is 95.8 cm³/mol. The topological polar surface area (TPSA) is 73.3 Å². The molecule has 0 atom stereocenters. The van der Waals surface area contributed by atoms with Gasteiger partial charge in [-0.25, -0.2) is 4.98 Å². The molecule has 128 valence electrons. The third kappa shape index (κ3) is 4.85. The van der Waals surface area contributed by atoms with Crippen LogP contribution in [-0.4, -0.2) is 23.0 Å². The number of benzene rings is 1. The molecule has 3 rings (SSSR count). The molecule has 1 N–H and O–H groups in total. The van der Waals surface area contributed by atoms with E-state index in [0.717, 1.165) is 10.7 Å². The molecule has 6 nitrogen and oxygen atoms in total. The van der Waals surface area contributed by atoms with E-state index in [9.17, 15) is 4.79 Å². The maximum absolute atomic E-state index is 12.3. The van der Waals surface area contributed by atoms with Gasteiger partial charge in [-0.15, -0.1) is 11.3 Å². The van der Waals surface area contributed by atoms with Crippen molar-refractivity contribution >= 4 is 22.9 Å². The first-order valence-corrected chi connectivity index (χ1v) is 8.50. The highest BCUT2D eigenvalue weighted by atomic mass is 32.1. The Morgan fingerprint density at radius 2 is 2.12 bits per heavy atom. The number of methoxy groups -OCH3 is 1. The zero-order valence-corrected chi connectivity index (χ0v) is 14.5. The van der Waals surface area contributed by atoms with Crippen LogP contribution in [0.5, 0.6) is 5.75 Å². The molecule has 0 spiro atoms. The quantitative estimate of drug-likeness (QED) is 0.702. The molecule has 2 aromatic heterocycles. The standard InChI is InChI=1S/C18H17N3O3S/c1-23-11-17-21-16(12-25-17)18(22)20-13-6-4-7-15(9-13)24-10-14-5-2-3-8-19-14/h2-9,12H,10-11H2,1H3,(H,20,22). The Morgan fingerprint density at radius 1 is 1.20 bits per heavy atom. The summed E-state index contributed by atoms with van der Waals surface area (Å²) in [7, 11) is 1.59. The van der Waals surface area contributed by atoms with Crippen LogP contribution in [0.4, 0.5) is 5.69 Å². The smallest absolute Gasteiger partial charge is 0.275 e. The van der Waals surface area contributed by atoms with Gasteiger partial charge in [0.05, 0.1) is 12.3 Å². The Hall–Kier alpha value is -2.77. The molecule has 0 saturated heterocycles. The fourth-order valence-corrected chi connectivity index (χ4v) is 2.85. The van der Waals surface area contributed by atoms with E-state index in [2.05, 4.69) is 15.3 Å². The largest absolute Gasteiger partial charge is 0.487 e. The Bertz CT molecular complexity index is 836. The number of pyridine rings is 1. The molecule has 3 aromatic rings. The van der Waals surface area contributed by atoms with Crippen LogP contribution in [0, 0.1) is 0 Å². The molecule has 7 heteroatoms. The van der Waals surface area contributed by atoms with Gasteiger partial charge in [-0.2, -0.15) is 0 Å². The lowest BCUT2D eigenvalue weighted by Gasteiger charge is -2.08. The minimum atomic E-state index is -0.263. The number of thiazole rings is 1. The Morgan fingerprint density at radius 3 is 2.92 bits per heavy atom. The Balaban J connectivity index is 1.61. The average Bonchev–Trinajstić information content (AvgIpc) is 3.10. The summed E-state index contributed by atoms with van der Waals surface area (Å²) in [6.07, 6.45) is 1.72. The number of ether oxygens (including phenoxy) is 2. The number of aromatic nitrogens is 2. The maximum atomic E-state index is 12.3. The van der Waals surface area contributed by atoms with E-state index >= 15 is 0 Å². The number of carbonyl (C=O) groups excluding carboxylic acids is 1. The molecule has 1 aromatic carbocycles. The first-order valence-electron chi connectivity index (χ1n) is 7.62. The third-order valence-electron chi connectivity index (χ3n) is 3.26. The summed E-state index contributed by atoms with van der Waals surface area (Å²) in [5.74, 6) is 0.391. The van der Waals surface area contributed by atoms with Gasteiger partial charge in [-0.3, -0.25) is 9.78 Å². The summed E-state index contributed by atoms with van der Waals surface area (Å²) in [6, 6.07) is 12.9. The molecule has 0 aliphatic rings. The second-order valence-electron chi connectivity index (χ2n) is 5.15. The molecule has 0 radical (unpaired) electrons. The van der Waals surface area contributed by atoms with Crippen molar-refractivity contribution in [2.24, 2.45) is 0 Å². The minimum Gasteiger partial charge on any atom is -0.487 e. The Kier molecular flexibility index (Phi) is 5.71. The van der Waals surface area contributed by atoms with Crippen molar-refractivity contribution in [3.63, 3.8) is 0 Å². The van der Waals surface area contributed by atoms with Crippen molar-refractivity contribution in [3.8, 4) is 5.75 Å². The maximum Gasteiger partial charge on any atom is 0.275 e. The lowest BCUT2D eigenvalue weighted by molar-refractivity contribution is 0.102. The number of nitrogens with one attached hydrogen (secondary N) is 1. The Labute approximate surface area is 149 Å². The van der Waals surface area contributed by atoms with E-state index in [0.29, 0.717) is 30.3 Å². The summed E-state index contributed by atoms with van der Waals surface area (Å²) in [6.45, 7) is 0.763. The highest BCUT2D eigenvalue weighted by Gasteiger charge is 2.11. The summed E-state index contributed by atoms with van der Waals surface area (Å²) in [5.41, 5.74) is 1.85. The summed E-state index contributed by atoms with van der Waals surface area (Å²) < 4.78 is 10.7. The van der Waals surface area contributed by atoms with Crippen molar-refractivity contribution in [2.75, 3.05) is 12.4 Å². The van der Waals surface area contributed by atoms with Crippen LogP contribution in [0.15, 0.2) is 54.0 Å². The molecule has 0 unspecified atom stereocenters. The first kappa shape index (κ1) is 17.1. The van der Waals surface area contributed by atoms with Gasteiger partial charge in [0.1, 0.15) is 23.1 Å². The van der Waals surface area contributed by atoms with Crippen molar-refractivity contribution < 1.29 is 14.3 Å². The van der Waals surface area contributed by atoms with Crippen LogP contribution >= 0.6 is 11.3 Å². The number of anilines is 1. The molecule has 0 fully saturated rings. The second-order valence-corrected chi connectivity index (χ2v) is 6.09. The van der Waals surface area contributed by atoms with E-state index in [1.807, 2.05) is 30.3 Å². The van der Waals surface area contributed by atoms with E-state index in [-0.39, 0.29) is 5.91 Å². The van der Waals surface area contributed by atoms with Crippen LogP contribution < -0.4 is 10.1 Å². The fraction of sp³-hybridized carbons (Fsp3) is 0.167. The van der Waals surface area contributed by atoms with Gasteiger partial charge in [0, 0.05) is 30.4 Å². The van der Waals surface area contributed by atoms with Crippen LogP contribution in [0.2, 0.25) is 0 Å². The zero-order valence-electron chi connectivity index (χ0n) is 13.6. The van der Waals surface area contributed by atoms with E-state index in [4.69, 9.17) is 9.47 Å². The van der Waals surface area contributed by atoms with Crippen LogP contribution in [0.25, 0.3) is 0 Å². The van der Waals surface area contributed by atoms with Crippen molar-refractivity contribution in [3.05, 3.63) is 70.4 Å². The van der Waals surface area contributed by atoms with Gasteiger partial charge in [-0.1, -0.05) is 12.1 Å². The molecule has 25 heavy (non-hydrogen) atoms. The fourth-order valence-electron chi connectivity index (χ4n) is 2.10. The molecule has 0 saturated carbocycles. The normalized spacial score (nSPS) is 10.4. The van der Waals surface area contributed by atoms with Crippen molar-refractivity contribution in [2.45, 2.75) is 13.2 Å². The van der Waals surface area contributed by atoms with Crippen LogP contribution in [0.1, 0.15) is 21.2 Å².